The van der Waals surface area contributed by atoms with E-state index < -0.39 is 210 Å². The topological polar surface area (TPSA) is 763 Å². The SMILES string of the molecule is CC[C@H](C)[C@H](NC(=O)[C@H](Cc1cnc[nH]1)NC(=O)[C@@H](NC(=O)[C@H](CCCNC(=N)N)NC(=O)[C@H](CCCCN)NC(=O)[C@@H](N)CCCNC(=N)N)[C@@H](C)CC)C(=O)NCC(=O)N1CCC[C@H]1C(=O)NCC(=O)N[C@@H](CCCNC(=N)N)C(=O)N[C@@H](C)C(=O)N[C@@H](Cc1ccccc1)C(=O)N[C@@H](Cc1ccc(O)cc1)C(=O)N[C@H](C(=O)N[C@H](C(=O)O)[C@@H](C)O)[C@@H](C)O. The molecule has 17 atom stereocenters. The van der Waals surface area contributed by atoms with Crippen molar-refractivity contribution in [3.05, 3.63) is 83.9 Å². The molecule has 34 N–H and O–H groups in total. The Balaban J connectivity index is 1.49. The van der Waals surface area contributed by atoms with Gasteiger partial charge in [0.05, 0.1) is 37.7 Å². The summed E-state index contributed by atoms with van der Waals surface area (Å²) in [7, 11) is 0. The lowest BCUT2D eigenvalue weighted by Gasteiger charge is -2.30. The van der Waals surface area contributed by atoms with Crippen molar-refractivity contribution in [2.24, 2.45) is 40.5 Å². The highest BCUT2D eigenvalue weighted by atomic mass is 16.4. The number of carbonyl (C=O) groups excluding carboxylic acids is 14. The number of benzene rings is 2. The highest BCUT2D eigenvalue weighted by molar-refractivity contribution is 6.00. The third-order valence-corrected chi connectivity index (χ3v) is 20.9. The Hall–Kier alpha value is -12.9. The number of guanidine groups is 3. The number of carboxylic acid groups (broad SMARTS) is 1. The van der Waals surface area contributed by atoms with Crippen molar-refractivity contribution in [1.29, 1.82) is 16.2 Å². The van der Waals surface area contributed by atoms with Crippen LogP contribution in [0.3, 0.4) is 0 Å². The number of phenolic OH excluding ortho intramolecular Hbond substituents is 1. The molecule has 0 unspecified atom stereocenters. The number of carbonyl (C=O) groups is 15. The van der Waals surface area contributed by atoms with Crippen LogP contribution in [-0.2, 0) is 91.2 Å². The van der Waals surface area contributed by atoms with Crippen LogP contribution in [0.25, 0.3) is 0 Å². The van der Waals surface area contributed by atoms with Gasteiger partial charge in [-0.25, -0.2) is 9.78 Å². The third kappa shape index (κ3) is 37.3. The van der Waals surface area contributed by atoms with Gasteiger partial charge < -0.3 is 144 Å². The van der Waals surface area contributed by atoms with E-state index in [1.807, 2.05) is 0 Å². The number of amides is 14. The Morgan fingerprint density at radius 3 is 1.44 bits per heavy atom. The summed E-state index contributed by atoms with van der Waals surface area (Å²) in [5, 5.41) is 104. The smallest absolute Gasteiger partial charge is 0.328 e. The summed E-state index contributed by atoms with van der Waals surface area (Å²) < 4.78 is 0. The molecule has 0 aliphatic carbocycles. The van der Waals surface area contributed by atoms with Gasteiger partial charge in [-0.15, -0.1) is 0 Å². The number of aliphatic hydroxyl groups excluding tert-OH is 2. The Bertz CT molecular complexity index is 4130. The van der Waals surface area contributed by atoms with Crippen LogP contribution in [0.4, 0.5) is 0 Å². The molecule has 46 nitrogen and oxygen atoms in total. The monoisotopic (exact) mass is 1770 g/mol. The minimum absolute atomic E-state index is 0.0351. The van der Waals surface area contributed by atoms with Crippen molar-refractivity contribution in [2.75, 3.05) is 45.8 Å². The number of phenols is 1. The van der Waals surface area contributed by atoms with Gasteiger partial charge in [-0.3, -0.25) is 83.4 Å². The normalized spacial score (nSPS) is 16.1. The zero-order valence-corrected chi connectivity index (χ0v) is 72.1. The molecular formula is C80H129N27O19. The summed E-state index contributed by atoms with van der Waals surface area (Å²) in [5.41, 5.74) is 29.6. The number of H-pyrrole nitrogens is 1. The molecule has 0 saturated carbocycles. The van der Waals surface area contributed by atoms with Crippen molar-refractivity contribution in [3.63, 3.8) is 0 Å². The first-order valence-electron chi connectivity index (χ1n) is 41.9. The standard InChI is InChI=1S/C80H129N27O19/c1-8-42(3)61(103-72(120)57(37-49-38-89-41-95-49)102-75(123)62(43(4)9-2)104-69(117)54(24-17-33-92-80(87)88)99-68(116)53(22-13-14-30-81)98-66(114)51(82)21-15-31-90-78(83)84)74(122)94-40-60(112)107-34-18-25-58(107)73(121)93-39-59(111)97-52(23-16-32-91-79(85)86)67(115)96-44(5)65(113)100-55(35-47-19-11-10-12-20-47)70(118)101-56(36-48-26-28-50(110)29-27-48)71(119)105-63(45(6)108)76(124)106-64(46(7)109)77(125)126/h10-12,19-20,26-29,38,41-46,51-58,61-64,108-110H,8-9,13-18,21-25,30-37,39-40,81-82H2,1-7H3,(H,89,95)(H,93,121)(H,94,122)(H,96,115)(H,97,111)(H,98,114)(H,99,116)(H,100,113)(H,101,118)(H,102,123)(H,103,120)(H,104,117)(H,105,119)(H,106,124)(H,125,126)(H4,83,84,90)(H4,85,86,91)(H4,87,88,92)/t42-,43-,44-,45+,46+,51-,52-,53-,54-,55-,56-,57-,58-,61-,62-,63-,64-/m0/s1. The number of likely N-dealkylation sites (tertiary alicyclic amines) is 1. The number of carboxylic acids is 1. The lowest BCUT2D eigenvalue weighted by atomic mass is 9.96. The number of nitrogens with one attached hydrogen (secondary N) is 20. The van der Waals surface area contributed by atoms with E-state index in [2.05, 4.69) is 95.0 Å². The van der Waals surface area contributed by atoms with Crippen LogP contribution in [-0.4, -0.2) is 278 Å². The Morgan fingerprint density at radius 1 is 0.484 bits per heavy atom. The lowest BCUT2D eigenvalue weighted by Crippen LogP contribution is -2.62. The number of imidazole rings is 1. The Kier molecular flexibility index (Phi) is 45.8. The molecule has 698 valence electrons. The number of aliphatic carboxylic acids is 1. The van der Waals surface area contributed by atoms with Gasteiger partial charge in [0.15, 0.2) is 23.9 Å². The molecule has 46 heteroatoms. The van der Waals surface area contributed by atoms with Crippen LogP contribution in [0.5, 0.6) is 5.75 Å². The number of nitrogens with zero attached hydrogens (tertiary/aromatic N) is 2. The molecule has 2 aromatic carbocycles. The molecule has 0 spiro atoms. The summed E-state index contributed by atoms with van der Waals surface area (Å²) in [4.78, 5) is 218. The van der Waals surface area contributed by atoms with Gasteiger partial charge in [0.25, 0.3) is 0 Å². The molecule has 1 aliphatic heterocycles. The maximum Gasteiger partial charge on any atom is 0.328 e. The van der Waals surface area contributed by atoms with Gasteiger partial charge in [-0.2, -0.15) is 0 Å². The second-order valence-corrected chi connectivity index (χ2v) is 31.1. The highest BCUT2D eigenvalue weighted by Crippen LogP contribution is 2.20. The van der Waals surface area contributed by atoms with Crippen molar-refractivity contribution < 1.29 is 92.3 Å². The molecule has 1 fully saturated rings. The van der Waals surface area contributed by atoms with Crippen molar-refractivity contribution in [1.82, 2.24) is 99.9 Å². The summed E-state index contributed by atoms with van der Waals surface area (Å²) in [5.74, 6) is -16.4. The van der Waals surface area contributed by atoms with E-state index in [0.29, 0.717) is 55.3 Å². The van der Waals surface area contributed by atoms with Gasteiger partial charge in [0.2, 0.25) is 82.7 Å². The fourth-order valence-electron chi connectivity index (χ4n) is 13.2. The van der Waals surface area contributed by atoms with Crippen molar-refractivity contribution in [2.45, 2.75) is 242 Å². The van der Waals surface area contributed by atoms with E-state index in [1.165, 1.54) is 48.6 Å². The maximum atomic E-state index is 14.7. The Morgan fingerprint density at radius 2 is 0.921 bits per heavy atom. The fraction of sp³-hybridized carbons (Fsp3) is 0.588. The zero-order valence-electron chi connectivity index (χ0n) is 72.1. The quantitative estimate of drug-likeness (QED) is 0.0142. The van der Waals surface area contributed by atoms with E-state index in [-0.39, 0.29) is 115 Å². The summed E-state index contributed by atoms with van der Waals surface area (Å²) in [6.45, 7) is 9.59. The van der Waals surface area contributed by atoms with Gasteiger partial charge in [0.1, 0.15) is 72.2 Å². The molecule has 1 aliphatic rings. The number of nitrogens with two attached hydrogens (primary N) is 5. The Labute approximate surface area is 730 Å². The van der Waals surface area contributed by atoms with Gasteiger partial charge in [-0.1, -0.05) is 83.0 Å². The molecule has 0 bridgehead atoms. The number of hydrogen-bond acceptors (Lipinski definition) is 24. The van der Waals surface area contributed by atoms with Crippen LogP contribution in [0.15, 0.2) is 67.1 Å². The van der Waals surface area contributed by atoms with Gasteiger partial charge in [0, 0.05) is 57.3 Å². The van der Waals surface area contributed by atoms with E-state index in [4.69, 9.17) is 44.9 Å². The molecule has 4 rings (SSSR count). The van der Waals surface area contributed by atoms with Gasteiger partial charge in [-0.05, 0) is 133 Å². The van der Waals surface area contributed by atoms with Crippen LogP contribution in [0, 0.1) is 28.1 Å². The second-order valence-electron chi connectivity index (χ2n) is 31.1. The van der Waals surface area contributed by atoms with E-state index in [0.717, 1.165) is 13.8 Å². The molecule has 14 amide bonds. The lowest BCUT2D eigenvalue weighted by molar-refractivity contribution is -0.146. The average molecular weight is 1770 g/mol. The predicted molar refractivity (Wildman–Crippen MR) is 460 cm³/mol. The molecule has 0 radical (unpaired) electrons. The number of unbranched alkanes of at least 4 members (excludes halogenated alkanes) is 1. The number of hydrogen-bond donors (Lipinski definition) is 29. The second kappa shape index (κ2) is 54.7. The maximum absolute atomic E-state index is 14.7. The molecule has 2 heterocycles. The van der Waals surface area contributed by atoms with E-state index in [1.54, 1.807) is 58.0 Å². The number of aliphatic hydroxyl groups is 2. The summed E-state index contributed by atoms with van der Waals surface area (Å²) in [6.07, 6.45) is 1.30. The number of aromatic amines is 1. The van der Waals surface area contributed by atoms with Crippen LogP contribution in [0.2, 0.25) is 0 Å². The van der Waals surface area contributed by atoms with Crippen LogP contribution >= 0.6 is 0 Å². The van der Waals surface area contributed by atoms with Gasteiger partial charge >= 0.3 is 5.97 Å². The predicted octanol–water partition coefficient (Wildman–Crippen LogP) is -7.10. The number of aromatic hydroxyl groups is 1. The van der Waals surface area contributed by atoms with E-state index in [9.17, 15) is 92.3 Å². The first kappa shape index (κ1) is 105. The molecule has 1 saturated heterocycles. The van der Waals surface area contributed by atoms with E-state index >= 15 is 0 Å². The summed E-state index contributed by atoms with van der Waals surface area (Å²) >= 11 is 0. The third-order valence-electron chi connectivity index (χ3n) is 20.9. The van der Waals surface area contributed by atoms with Crippen molar-refractivity contribution in [3.8, 4) is 5.75 Å². The minimum Gasteiger partial charge on any atom is -0.508 e. The molecule has 126 heavy (non-hydrogen) atoms. The first-order chi connectivity index (χ1) is 59.7. The van der Waals surface area contributed by atoms with Crippen LogP contribution < -0.4 is 114 Å². The zero-order chi connectivity index (χ0) is 93.9. The number of rotatable bonds is 56. The largest absolute Gasteiger partial charge is 0.508 e. The summed E-state index contributed by atoms with van der Waals surface area (Å²) in [6, 6.07) is -4.97. The minimum atomic E-state index is -1.86. The highest BCUT2D eigenvalue weighted by Gasteiger charge is 2.41. The first-order valence-corrected chi connectivity index (χ1v) is 41.9. The fourth-order valence-corrected chi connectivity index (χ4v) is 13.2. The molecular weight excluding hydrogens is 1640 g/mol. The van der Waals surface area contributed by atoms with Crippen molar-refractivity contribution >= 4 is 107 Å². The van der Waals surface area contributed by atoms with Crippen LogP contribution in [0.1, 0.15) is 149 Å². The molecule has 3 aromatic rings. The number of aromatic nitrogens is 2. The molecule has 1 aromatic heterocycles. The average Bonchev–Trinajstić information content (AvgIpc) is 1.34.